The number of carbonyl (C=O) groups is 1. The maximum atomic E-state index is 12.7. The van der Waals surface area contributed by atoms with Crippen LogP contribution in [0.5, 0.6) is 5.88 Å². The van der Waals surface area contributed by atoms with Gasteiger partial charge in [-0.15, -0.1) is 0 Å². The Labute approximate surface area is 140 Å². The molecule has 1 unspecified atom stereocenters. The lowest BCUT2D eigenvalue weighted by Gasteiger charge is -2.17. The smallest absolute Gasteiger partial charge is 0.254 e. The summed E-state index contributed by atoms with van der Waals surface area (Å²) in [6.07, 6.45) is 2.71. The van der Waals surface area contributed by atoms with Crippen molar-refractivity contribution in [1.29, 1.82) is 0 Å². The molecule has 1 N–H and O–H groups in total. The first kappa shape index (κ1) is 14.8. The molecule has 1 aromatic carbocycles. The minimum atomic E-state index is -0.000704. The average molecular weight is 321 g/mol. The van der Waals surface area contributed by atoms with Gasteiger partial charge < -0.3 is 14.6 Å². The Kier molecular flexibility index (Phi) is 3.69. The van der Waals surface area contributed by atoms with Gasteiger partial charge >= 0.3 is 0 Å². The third kappa shape index (κ3) is 2.85. The van der Waals surface area contributed by atoms with Gasteiger partial charge in [0.1, 0.15) is 6.10 Å². The van der Waals surface area contributed by atoms with Crippen molar-refractivity contribution in [3.05, 3.63) is 59.9 Å². The molecule has 0 aliphatic carbocycles. The van der Waals surface area contributed by atoms with E-state index in [-0.39, 0.29) is 12.0 Å². The molecular weight excluding hydrogens is 302 g/mol. The summed E-state index contributed by atoms with van der Waals surface area (Å²) in [6.45, 7) is 3.24. The van der Waals surface area contributed by atoms with Crippen LogP contribution in [0.2, 0.25) is 0 Å². The number of aromatic nitrogens is 2. The van der Waals surface area contributed by atoms with Crippen molar-refractivity contribution < 1.29 is 9.53 Å². The summed E-state index contributed by atoms with van der Waals surface area (Å²) in [5.74, 6) is 0.685. The van der Waals surface area contributed by atoms with Crippen molar-refractivity contribution in [3.8, 4) is 5.88 Å². The maximum absolute atomic E-state index is 12.7. The lowest BCUT2D eigenvalue weighted by atomic mass is 10.1. The lowest BCUT2D eigenvalue weighted by molar-refractivity contribution is 0.0771. The van der Waals surface area contributed by atoms with Crippen molar-refractivity contribution in [3.63, 3.8) is 0 Å². The number of carbonyl (C=O) groups excluding carboxylic acids is 1. The van der Waals surface area contributed by atoms with E-state index in [0.29, 0.717) is 19.0 Å². The number of nitrogens with one attached hydrogen (secondary N) is 1. The first-order chi connectivity index (χ1) is 11.7. The highest BCUT2D eigenvalue weighted by molar-refractivity contribution is 5.98. The van der Waals surface area contributed by atoms with Gasteiger partial charge in [0, 0.05) is 47.4 Å². The van der Waals surface area contributed by atoms with Crippen molar-refractivity contribution in [1.82, 2.24) is 14.9 Å². The largest absolute Gasteiger partial charge is 0.472 e. The number of benzene rings is 1. The fourth-order valence-electron chi connectivity index (χ4n) is 3.13. The monoisotopic (exact) mass is 321 g/mol. The van der Waals surface area contributed by atoms with E-state index in [2.05, 4.69) is 9.97 Å². The first-order valence-corrected chi connectivity index (χ1v) is 8.16. The number of rotatable bonds is 3. The van der Waals surface area contributed by atoms with E-state index in [1.807, 2.05) is 60.5 Å². The molecule has 5 nitrogen and oxygen atoms in total. The SMILES string of the molecule is Cc1cccc(OC2CCN(C(=O)c3ccc4[nH]ccc4c3)C2)n1. The molecule has 1 saturated heterocycles. The van der Waals surface area contributed by atoms with E-state index >= 15 is 0 Å². The minimum Gasteiger partial charge on any atom is -0.472 e. The van der Waals surface area contributed by atoms with Gasteiger partial charge in [0.25, 0.3) is 5.91 Å². The van der Waals surface area contributed by atoms with Crippen LogP contribution in [0, 0.1) is 6.92 Å². The molecule has 1 amide bonds. The number of H-pyrrole nitrogens is 1. The Morgan fingerprint density at radius 2 is 2.21 bits per heavy atom. The molecule has 5 heteroatoms. The highest BCUT2D eigenvalue weighted by Gasteiger charge is 2.28. The fourth-order valence-corrected chi connectivity index (χ4v) is 3.13. The summed E-state index contributed by atoms with van der Waals surface area (Å²) in [5, 5.41) is 1.05. The summed E-state index contributed by atoms with van der Waals surface area (Å²) >= 11 is 0. The van der Waals surface area contributed by atoms with Crippen LogP contribution in [-0.2, 0) is 0 Å². The normalized spacial score (nSPS) is 17.4. The molecule has 24 heavy (non-hydrogen) atoms. The fraction of sp³-hybridized carbons (Fsp3) is 0.263. The van der Waals surface area contributed by atoms with Crippen molar-refractivity contribution in [2.75, 3.05) is 13.1 Å². The van der Waals surface area contributed by atoms with E-state index in [1.54, 1.807) is 0 Å². The van der Waals surface area contributed by atoms with Crippen LogP contribution in [0.4, 0.5) is 0 Å². The molecule has 2 aromatic heterocycles. The molecular formula is C19H19N3O2. The lowest BCUT2D eigenvalue weighted by Crippen LogP contribution is -2.31. The number of aryl methyl sites for hydroxylation is 1. The number of ether oxygens (including phenoxy) is 1. The first-order valence-electron chi connectivity index (χ1n) is 8.16. The van der Waals surface area contributed by atoms with E-state index in [4.69, 9.17) is 4.74 Å². The Hall–Kier alpha value is -2.82. The molecule has 1 fully saturated rings. The van der Waals surface area contributed by atoms with Gasteiger partial charge in [0.15, 0.2) is 0 Å². The third-order valence-corrected chi connectivity index (χ3v) is 4.38. The Balaban J connectivity index is 1.44. The van der Waals surface area contributed by atoms with Gasteiger partial charge in [-0.25, -0.2) is 4.98 Å². The molecule has 0 bridgehead atoms. The summed E-state index contributed by atoms with van der Waals surface area (Å²) in [4.78, 5) is 22.1. The quantitative estimate of drug-likeness (QED) is 0.806. The van der Waals surface area contributed by atoms with Gasteiger partial charge in [0.05, 0.1) is 6.54 Å². The number of hydrogen-bond donors (Lipinski definition) is 1. The van der Waals surface area contributed by atoms with E-state index in [9.17, 15) is 4.79 Å². The molecule has 0 saturated carbocycles. The van der Waals surface area contributed by atoms with Gasteiger partial charge in [-0.1, -0.05) is 6.07 Å². The molecule has 0 spiro atoms. The van der Waals surface area contributed by atoms with Crippen LogP contribution in [0.15, 0.2) is 48.7 Å². The van der Waals surface area contributed by atoms with Crippen LogP contribution in [0.3, 0.4) is 0 Å². The van der Waals surface area contributed by atoms with Crippen molar-refractivity contribution >= 4 is 16.8 Å². The minimum absolute atomic E-state index is 0.000704. The van der Waals surface area contributed by atoms with Gasteiger partial charge in [0.2, 0.25) is 5.88 Å². The van der Waals surface area contributed by atoms with Crippen LogP contribution >= 0.6 is 0 Å². The highest BCUT2D eigenvalue weighted by atomic mass is 16.5. The zero-order valence-electron chi connectivity index (χ0n) is 13.5. The molecule has 3 heterocycles. The molecule has 3 aromatic rings. The van der Waals surface area contributed by atoms with Crippen LogP contribution < -0.4 is 4.74 Å². The molecule has 1 aliphatic rings. The molecule has 1 atom stereocenters. The summed E-state index contributed by atoms with van der Waals surface area (Å²) in [7, 11) is 0. The second-order valence-electron chi connectivity index (χ2n) is 6.18. The van der Waals surface area contributed by atoms with Crippen LogP contribution in [-0.4, -0.2) is 40.0 Å². The standard InChI is InChI=1S/C19H19N3O2/c1-13-3-2-4-18(21-13)24-16-8-10-22(12-16)19(23)15-5-6-17-14(11-15)7-9-20-17/h2-7,9,11,16,20H,8,10,12H2,1H3. The number of fused-ring (bicyclic) bond motifs is 1. The van der Waals surface area contributed by atoms with E-state index < -0.39 is 0 Å². The topological polar surface area (TPSA) is 58.2 Å². The Morgan fingerprint density at radius 3 is 3.08 bits per heavy atom. The maximum Gasteiger partial charge on any atom is 0.254 e. The summed E-state index contributed by atoms with van der Waals surface area (Å²) < 4.78 is 5.92. The number of aromatic amines is 1. The number of nitrogens with zero attached hydrogens (tertiary/aromatic N) is 2. The Bertz CT molecular complexity index is 887. The van der Waals surface area contributed by atoms with Crippen LogP contribution in [0.25, 0.3) is 10.9 Å². The second-order valence-corrected chi connectivity index (χ2v) is 6.18. The van der Waals surface area contributed by atoms with Crippen molar-refractivity contribution in [2.24, 2.45) is 0 Å². The molecule has 4 rings (SSSR count). The zero-order valence-corrected chi connectivity index (χ0v) is 13.5. The predicted molar refractivity (Wildman–Crippen MR) is 92.2 cm³/mol. The second kappa shape index (κ2) is 6.00. The zero-order chi connectivity index (χ0) is 16.5. The average Bonchev–Trinajstić information content (AvgIpc) is 3.22. The summed E-state index contributed by atoms with van der Waals surface area (Å²) in [6, 6.07) is 13.5. The number of pyridine rings is 1. The molecule has 122 valence electrons. The Morgan fingerprint density at radius 1 is 1.29 bits per heavy atom. The highest BCUT2D eigenvalue weighted by Crippen LogP contribution is 2.21. The van der Waals surface area contributed by atoms with Gasteiger partial charge in [-0.2, -0.15) is 0 Å². The van der Waals surface area contributed by atoms with Crippen molar-refractivity contribution in [2.45, 2.75) is 19.4 Å². The third-order valence-electron chi connectivity index (χ3n) is 4.38. The number of likely N-dealkylation sites (tertiary alicyclic amines) is 1. The number of hydrogen-bond acceptors (Lipinski definition) is 3. The van der Waals surface area contributed by atoms with E-state index in [0.717, 1.165) is 28.6 Å². The molecule has 0 radical (unpaired) electrons. The van der Waals surface area contributed by atoms with Gasteiger partial charge in [-0.05, 0) is 37.3 Å². The van der Waals surface area contributed by atoms with Gasteiger partial charge in [-0.3, -0.25) is 4.79 Å². The van der Waals surface area contributed by atoms with E-state index in [1.165, 1.54) is 0 Å². The number of amides is 1. The molecule has 1 aliphatic heterocycles. The summed E-state index contributed by atoms with van der Waals surface area (Å²) in [5.41, 5.74) is 2.69. The predicted octanol–water partition coefficient (Wildman–Crippen LogP) is 3.16. The van der Waals surface area contributed by atoms with Crippen LogP contribution in [0.1, 0.15) is 22.5 Å².